The first-order chi connectivity index (χ1) is 10.0. The van der Waals surface area contributed by atoms with E-state index in [2.05, 4.69) is 4.98 Å². The number of rotatable bonds is 3. The largest absolute Gasteiger partial charge is 0.437 e. The number of hydrogen-bond donors (Lipinski definition) is 1. The lowest BCUT2D eigenvalue weighted by Gasteiger charge is -2.12. The summed E-state index contributed by atoms with van der Waals surface area (Å²) >= 11 is 17.2. The molecule has 0 atom stereocenters. The van der Waals surface area contributed by atoms with Gasteiger partial charge >= 0.3 is 0 Å². The van der Waals surface area contributed by atoms with Gasteiger partial charge in [0.1, 0.15) is 10.7 Å². The number of hydrogen-bond acceptors (Lipinski definition) is 3. The molecule has 0 fully saturated rings. The highest BCUT2D eigenvalue weighted by Gasteiger charge is 2.19. The third-order valence-electron chi connectivity index (χ3n) is 3.38. The molecular weight excluding hydrogens is 327 g/mol. The highest BCUT2D eigenvalue weighted by molar-refractivity contribution is 7.80. The summed E-state index contributed by atoms with van der Waals surface area (Å²) in [6.45, 7) is 0. The second kappa shape index (κ2) is 5.79. The van der Waals surface area contributed by atoms with Gasteiger partial charge in [0.25, 0.3) is 0 Å². The fourth-order valence-corrected chi connectivity index (χ4v) is 2.83. The maximum Gasteiger partial charge on any atom is 0.229 e. The van der Waals surface area contributed by atoms with Crippen molar-refractivity contribution in [3.63, 3.8) is 0 Å². The molecule has 3 nitrogen and oxygen atoms in total. The number of halogens is 2. The number of aromatic nitrogens is 1. The van der Waals surface area contributed by atoms with Gasteiger partial charge in [0.15, 0.2) is 0 Å². The molecule has 0 bridgehead atoms. The Labute approximate surface area is 138 Å². The molecule has 0 saturated heterocycles. The van der Waals surface area contributed by atoms with Crippen molar-refractivity contribution in [3.05, 3.63) is 51.1 Å². The van der Waals surface area contributed by atoms with Gasteiger partial charge in [-0.3, -0.25) is 0 Å². The van der Waals surface area contributed by atoms with E-state index in [0.717, 1.165) is 25.0 Å². The summed E-state index contributed by atoms with van der Waals surface area (Å²) in [5.41, 5.74) is 8.62. The van der Waals surface area contributed by atoms with Crippen LogP contribution < -0.4 is 10.5 Å². The van der Waals surface area contributed by atoms with Crippen molar-refractivity contribution >= 4 is 40.4 Å². The van der Waals surface area contributed by atoms with Crippen molar-refractivity contribution in [2.45, 2.75) is 19.3 Å². The molecule has 1 aliphatic rings. The lowest BCUT2D eigenvalue weighted by Crippen LogP contribution is -2.13. The topological polar surface area (TPSA) is 48.1 Å². The lowest BCUT2D eigenvalue weighted by molar-refractivity contribution is 0.460. The third-order valence-corrected chi connectivity index (χ3v) is 4.15. The smallest absolute Gasteiger partial charge is 0.229 e. The number of ether oxygens (including phenoxy) is 1. The summed E-state index contributed by atoms with van der Waals surface area (Å²) in [6.07, 6.45) is 3.02. The van der Waals surface area contributed by atoms with Gasteiger partial charge in [-0.15, -0.1) is 0 Å². The van der Waals surface area contributed by atoms with Gasteiger partial charge in [-0.25, -0.2) is 4.98 Å². The highest BCUT2D eigenvalue weighted by Crippen LogP contribution is 2.34. The van der Waals surface area contributed by atoms with E-state index in [4.69, 9.17) is 45.9 Å². The average Bonchev–Trinajstić information content (AvgIpc) is 2.89. The first kappa shape index (κ1) is 14.6. The fourth-order valence-electron chi connectivity index (χ4n) is 2.37. The summed E-state index contributed by atoms with van der Waals surface area (Å²) in [6, 6.07) is 6.97. The fraction of sp³-hybridized carbons (Fsp3) is 0.200. The minimum atomic E-state index is 0.255. The highest BCUT2D eigenvalue weighted by atomic mass is 35.5. The van der Waals surface area contributed by atoms with Crippen LogP contribution in [-0.4, -0.2) is 9.97 Å². The molecule has 2 N–H and O–H groups in total. The number of benzene rings is 1. The molecule has 1 aromatic carbocycles. The van der Waals surface area contributed by atoms with Crippen molar-refractivity contribution < 1.29 is 4.74 Å². The van der Waals surface area contributed by atoms with Crippen LogP contribution in [0.15, 0.2) is 24.3 Å². The Morgan fingerprint density at radius 1 is 1.24 bits per heavy atom. The summed E-state index contributed by atoms with van der Waals surface area (Å²) < 4.78 is 5.81. The number of nitrogens with zero attached hydrogens (tertiary/aromatic N) is 1. The summed E-state index contributed by atoms with van der Waals surface area (Å²) in [7, 11) is 0. The van der Waals surface area contributed by atoms with Crippen molar-refractivity contribution in [1.82, 2.24) is 4.98 Å². The van der Waals surface area contributed by atoms with E-state index in [0.29, 0.717) is 27.2 Å². The zero-order valence-corrected chi connectivity index (χ0v) is 13.4. The van der Waals surface area contributed by atoms with E-state index in [-0.39, 0.29) is 4.99 Å². The molecule has 2 aromatic rings. The van der Waals surface area contributed by atoms with Gasteiger partial charge in [0.05, 0.1) is 10.6 Å². The second-order valence-electron chi connectivity index (χ2n) is 4.84. The molecule has 0 aliphatic heterocycles. The van der Waals surface area contributed by atoms with Crippen LogP contribution >= 0.6 is 35.4 Å². The zero-order valence-electron chi connectivity index (χ0n) is 11.0. The predicted molar refractivity (Wildman–Crippen MR) is 88.7 cm³/mol. The van der Waals surface area contributed by atoms with E-state index in [9.17, 15) is 0 Å². The molecule has 0 radical (unpaired) electrons. The predicted octanol–water partition coefficient (Wildman–Crippen LogP) is 4.30. The first-order valence-electron chi connectivity index (χ1n) is 6.50. The quantitative estimate of drug-likeness (QED) is 0.847. The minimum Gasteiger partial charge on any atom is -0.437 e. The van der Waals surface area contributed by atoms with Crippen LogP contribution in [0.3, 0.4) is 0 Å². The molecule has 0 amide bonds. The molecule has 6 heteroatoms. The number of aryl methyl sites for hydroxylation is 2. The van der Waals surface area contributed by atoms with Crippen molar-refractivity contribution in [3.8, 4) is 11.6 Å². The Morgan fingerprint density at radius 2 is 2.05 bits per heavy atom. The van der Waals surface area contributed by atoms with Crippen LogP contribution in [0.25, 0.3) is 0 Å². The number of nitrogens with two attached hydrogens (primary N) is 1. The Hall–Kier alpha value is -1.36. The van der Waals surface area contributed by atoms with Crippen LogP contribution in [-0.2, 0) is 12.8 Å². The summed E-state index contributed by atoms with van der Waals surface area (Å²) in [5, 5.41) is 0.989. The first-order valence-corrected chi connectivity index (χ1v) is 7.66. The lowest BCUT2D eigenvalue weighted by atomic mass is 10.1. The number of pyridine rings is 1. The molecule has 0 unspecified atom stereocenters. The molecule has 1 aliphatic carbocycles. The van der Waals surface area contributed by atoms with Gasteiger partial charge in [0, 0.05) is 16.8 Å². The molecular formula is C15H12Cl2N2OS. The van der Waals surface area contributed by atoms with Crippen LogP contribution in [0.1, 0.15) is 23.2 Å². The van der Waals surface area contributed by atoms with Gasteiger partial charge in [0.2, 0.25) is 5.88 Å². The van der Waals surface area contributed by atoms with Gasteiger partial charge in [-0.1, -0.05) is 35.4 Å². The normalized spacial score (nSPS) is 13.0. The SMILES string of the molecule is NC(=S)c1cc2c(nc1Oc1cc(Cl)ccc1Cl)CCC2. The van der Waals surface area contributed by atoms with E-state index in [1.54, 1.807) is 18.2 Å². The number of thiocarbonyl (C=S) groups is 1. The Kier molecular flexibility index (Phi) is 4.02. The molecule has 108 valence electrons. The van der Waals surface area contributed by atoms with Crippen LogP contribution in [0, 0.1) is 0 Å². The van der Waals surface area contributed by atoms with E-state index >= 15 is 0 Å². The van der Waals surface area contributed by atoms with Gasteiger partial charge in [-0.05, 0) is 43.0 Å². The molecule has 1 heterocycles. The standard InChI is InChI=1S/C15H12Cl2N2OS/c16-9-4-5-11(17)13(7-9)20-15-10(14(18)21)6-8-2-1-3-12(8)19-15/h4-7H,1-3H2,(H2,18,21). The summed E-state index contributed by atoms with van der Waals surface area (Å²) in [4.78, 5) is 4.80. The van der Waals surface area contributed by atoms with Gasteiger partial charge in [-0.2, -0.15) is 0 Å². The van der Waals surface area contributed by atoms with Crippen molar-refractivity contribution in [2.75, 3.05) is 0 Å². The number of fused-ring (bicyclic) bond motifs is 1. The van der Waals surface area contributed by atoms with Crippen LogP contribution in [0.2, 0.25) is 10.0 Å². The molecule has 0 saturated carbocycles. The Bertz CT molecular complexity index is 734. The van der Waals surface area contributed by atoms with Crippen LogP contribution in [0.4, 0.5) is 0 Å². The molecule has 1 aromatic heterocycles. The molecule has 0 spiro atoms. The van der Waals surface area contributed by atoms with E-state index < -0.39 is 0 Å². The van der Waals surface area contributed by atoms with Crippen molar-refractivity contribution in [2.24, 2.45) is 5.73 Å². The maximum absolute atomic E-state index is 6.12. The van der Waals surface area contributed by atoms with E-state index in [1.165, 1.54) is 5.56 Å². The Morgan fingerprint density at radius 3 is 2.81 bits per heavy atom. The van der Waals surface area contributed by atoms with Gasteiger partial charge < -0.3 is 10.5 Å². The summed E-state index contributed by atoms with van der Waals surface area (Å²) in [5.74, 6) is 0.819. The average molecular weight is 339 g/mol. The Balaban J connectivity index is 2.05. The van der Waals surface area contributed by atoms with Crippen molar-refractivity contribution in [1.29, 1.82) is 0 Å². The monoisotopic (exact) mass is 338 g/mol. The third kappa shape index (κ3) is 2.98. The molecule has 21 heavy (non-hydrogen) atoms. The second-order valence-corrected chi connectivity index (χ2v) is 6.12. The molecule has 3 rings (SSSR count). The van der Waals surface area contributed by atoms with Crippen LogP contribution in [0.5, 0.6) is 11.6 Å². The maximum atomic E-state index is 6.12. The van der Waals surface area contributed by atoms with E-state index in [1.807, 2.05) is 6.07 Å². The zero-order chi connectivity index (χ0) is 15.0. The minimum absolute atomic E-state index is 0.255.